The van der Waals surface area contributed by atoms with Gasteiger partial charge >= 0.3 is 0 Å². The number of carbonyl (C=O) groups excluding carboxylic acids is 1. The fraction of sp³-hybridized carbons (Fsp3) is 0.211. The van der Waals surface area contributed by atoms with Gasteiger partial charge in [-0.2, -0.15) is 5.26 Å². The number of hydrogen-bond donors (Lipinski definition) is 1. The molecule has 3 aromatic rings. The van der Waals surface area contributed by atoms with Gasteiger partial charge in [0.15, 0.2) is 17.6 Å². The van der Waals surface area contributed by atoms with Gasteiger partial charge < -0.3 is 5.32 Å². The monoisotopic (exact) mass is 349 g/mol. The number of fused-ring (bicyclic) bond motifs is 2. The van der Waals surface area contributed by atoms with Gasteiger partial charge in [-0.25, -0.2) is 9.13 Å². The van der Waals surface area contributed by atoms with Gasteiger partial charge in [0.1, 0.15) is 11.1 Å². The Morgan fingerprint density at radius 1 is 1.44 bits per heavy atom. The van der Waals surface area contributed by atoms with Crippen molar-refractivity contribution in [1.82, 2.24) is 4.57 Å². The molecule has 0 atom stereocenters. The second-order valence-electron chi connectivity index (χ2n) is 6.04. The fourth-order valence-electron chi connectivity index (χ4n) is 3.40. The molecule has 6 heteroatoms. The SMILES string of the molecule is C=Cn1c[n+](CC(=O)Nc2sc3c(c2C#N)CCC3)c2ccccc21. The van der Waals surface area contributed by atoms with Crippen molar-refractivity contribution < 1.29 is 9.36 Å². The number of thiophene rings is 1. The zero-order valence-corrected chi connectivity index (χ0v) is 14.5. The molecule has 0 unspecified atom stereocenters. The van der Waals surface area contributed by atoms with E-state index in [2.05, 4.69) is 18.0 Å². The third-order valence-corrected chi connectivity index (χ3v) is 5.74. The van der Waals surface area contributed by atoms with Crippen molar-refractivity contribution in [2.75, 3.05) is 5.32 Å². The van der Waals surface area contributed by atoms with E-state index in [4.69, 9.17) is 0 Å². The Kier molecular flexibility index (Phi) is 3.86. The van der Waals surface area contributed by atoms with Crippen LogP contribution in [0, 0.1) is 11.3 Å². The van der Waals surface area contributed by atoms with Gasteiger partial charge in [-0.1, -0.05) is 18.7 Å². The van der Waals surface area contributed by atoms with Crippen LogP contribution in [0.3, 0.4) is 0 Å². The van der Waals surface area contributed by atoms with E-state index in [1.165, 1.54) is 4.88 Å². The first-order valence-corrected chi connectivity index (χ1v) is 8.99. The number of benzene rings is 1. The second-order valence-corrected chi connectivity index (χ2v) is 7.15. The van der Waals surface area contributed by atoms with Crippen molar-refractivity contribution in [3.8, 4) is 6.07 Å². The quantitative estimate of drug-likeness (QED) is 0.736. The molecule has 2 aromatic heterocycles. The van der Waals surface area contributed by atoms with Gasteiger partial charge in [0.05, 0.1) is 11.8 Å². The molecule has 0 saturated carbocycles. The van der Waals surface area contributed by atoms with Crippen LogP contribution in [-0.2, 0) is 24.2 Å². The number of rotatable bonds is 4. The normalized spacial score (nSPS) is 12.8. The summed E-state index contributed by atoms with van der Waals surface area (Å²) in [6, 6.07) is 10.1. The topological polar surface area (TPSA) is 61.7 Å². The highest BCUT2D eigenvalue weighted by atomic mass is 32.1. The maximum absolute atomic E-state index is 12.5. The Bertz CT molecular complexity index is 1040. The first-order chi connectivity index (χ1) is 12.2. The first-order valence-electron chi connectivity index (χ1n) is 8.17. The van der Waals surface area contributed by atoms with Crippen LogP contribution < -0.4 is 9.88 Å². The van der Waals surface area contributed by atoms with Crippen molar-refractivity contribution in [3.63, 3.8) is 0 Å². The number of aryl methyl sites for hydroxylation is 1. The molecule has 1 aliphatic rings. The molecule has 0 spiro atoms. The predicted octanol–water partition coefficient (Wildman–Crippen LogP) is 3.09. The maximum Gasteiger partial charge on any atom is 0.267 e. The largest absolute Gasteiger partial charge is 0.313 e. The molecular weight excluding hydrogens is 332 g/mol. The van der Waals surface area contributed by atoms with Crippen LogP contribution in [0.5, 0.6) is 0 Å². The molecule has 1 aliphatic carbocycles. The number of nitrogens with zero attached hydrogens (tertiary/aromatic N) is 3. The zero-order chi connectivity index (χ0) is 17.4. The third-order valence-electron chi connectivity index (χ3n) is 4.53. The Balaban J connectivity index is 1.60. The van der Waals surface area contributed by atoms with Crippen molar-refractivity contribution in [3.05, 3.63) is 53.2 Å². The van der Waals surface area contributed by atoms with E-state index in [9.17, 15) is 10.1 Å². The van der Waals surface area contributed by atoms with Crippen molar-refractivity contribution in [2.24, 2.45) is 0 Å². The van der Waals surface area contributed by atoms with Crippen LogP contribution in [0.4, 0.5) is 5.00 Å². The molecule has 2 heterocycles. The van der Waals surface area contributed by atoms with Gasteiger partial charge in [-0.3, -0.25) is 4.79 Å². The lowest BCUT2D eigenvalue weighted by Gasteiger charge is -2.02. The summed E-state index contributed by atoms with van der Waals surface area (Å²) in [5, 5.41) is 13.1. The molecule has 0 saturated heterocycles. The Morgan fingerprint density at radius 3 is 3.08 bits per heavy atom. The van der Waals surface area contributed by atoms with E-state index >= 15 is 0 Å². The number of aromatic nitrogens is 2. The van der Waals surface area contributed by atoms with E-state index < -0.39 is 0 Å². The number of imidazole rings is 1. The smallest absolute Gasteiger partial charge is 0.267 e. The van der Waals surface area contributed by atoms with E-state index in [-0.39, 0.29) is 12.5 Å². The number of nitrogens with one attached hydrogen (secondary N) is 1. The van der Waals surface area contributed by atoms with Gasteiger partial charge in [0.25, 0.3) is 5.91 Å². The molecule has 1 aromatic carbocycles. The summed E-state index contributed by atoms with van der Waals surface area (Å²) in [6.07, 6.45) is 6.62. The number of hydrogen-bond acceptors (Lipinski definition) is 3. The lowest BCUT2D eigenvalue weighted by Crippen LogP contribution is -2.39. The lowest BCUT2D eigenvalue weighted by molar-refractivity contribution is -0.658. The summed E-state index contributed by atoms with van der Waals surface area (Å²) in [5.74, 6) is -0.131. The summed E-state index contributed by atoms with van der Waals surface area (Å²) < 4.78 is 3.78. The number of carbonyl (C=O) groups is 1. The highest BCUT2D eigenvalue weighted by molar-refractivity contribution is 7.16. The molecule has 5 nitrogen and oxygen atoms in total. The van der Waals surface area contributed by atoms with Gasteiger partial charge in [0, 0.05) is 4.88 Å². The molecule has 0 fully saturated rings. The maximum atomic E-state index is 12.5. The molecule has 0 aliphatic heterocycles. The van der Waals surface area contributed by atoms with E-state index in [0.717, 1.165) is 35.9 Å². The van der Waals surface area contributed by atoms with Crippen molar-refractivity contribution in [1.29, 1.82) is 5.26 Å². The van der Waals surface area contributed by atoms with E-state index in [0.29, 0.717) is 10.6 Å². The number of nitriles is 1. The van der Waals surface area contributed by atoms with Crippen LogP contribution in [-0.4, -0.2) is 10.5 Å². The highest BCUT2D eigenvalue weighted by Crippen LogP contribution is 2.38. The molecule has 124 valence electrons. The number of amides is 1. The average molecular weight is 349 g/mol. The minimum atomic E-state index is -0.131. The molecule has 4 rings (SSSR count). The predicted molar refractivity (Wildman–Crippen MR) is 98.2 cm³/mol. The molecular formula is C19H17N4OS+. The summed E-state index contributed by atoms with van der Waals surface area (Å²) in [4.78, 5) is 13.8. The summed E-state index contributed by atoms with van der Waals surface area (Å²) >= 11 is 1.54. The third kappa shape index (κ3) is 2.63. The zero-order valence-electron chi connectivity index (χ0n) is 13.7. The van der Waals surface area contributed by atoms with Crippen molar-refractivity contribution in [2.45, 2.75) is 25.8 Å². The van der Waals surface area contributed by atoms with Gasteiger partial charge in [-0.05, 0) is 37.0 Å². The summed E-state index contributed by atoms with van der Waals surface area (Å²) in [6.45, 7) is 4.00. The lowest BCUT2D eigenvalue weighted by atomic mass is 10.1. The Labute approximate surface area is 149 Å². The minimum Gasteiger partial charge on any atom is -0.313 e. The number of para-hydroxylation sites is 2. The van der Waals surface area contributed by atoms with Crippen LogP contribution >= 0.6 is 11.3 Å². The van der Waals surface area contributed by atoms with Gasteiger partial charge in [-0.15, -0.1) is 11.3 Å². The van der Waals surface area contributed by atoms with Crippen molar-refractivity contribution >= 4 is 39.5 Å². The van der Waals surface area contributed by atoms with Crippen LogP contribution in [0.1, 0.15) is 22.4 Å². The number of anilines is 1. The van der Waals surface area contributed by atoms with Gasteiger partial charge in [0.2, 0.25) is 6.33 Å². The van der Waals surface area contributed by atoms with E-state index in [1.807, 2.05) is 39.7 Å². The summed E-state index contributed by atoms with van der Waals surface area (Å²) in [5.41, 5.74) is 3.73. The average Bonchev–Trinajstić information content (AvgIpc) is 3.28. The Hall–Kier alpha value is -2.91. The highest BCUT2D eigenvalue weighted by Gasteiger charge is 2.24. The first kappa shape index (κ1) is 15.6. The molecule has 1 amide bonds. The molecule has 25 heavy (non-hydrogen) atoms. The molecule has 0 radical (unpaired) electrons. The summed E-state index contributed by atoms with van der Waals surface area (Å²) in [7, 11) is 0. The molecule has 1 N–H and O–H groups in total. The minimum absolute atomic E-state index is 0.131. The fourth-order valence-corrected chi connectivity index (χ4v) is 4.66. The van der Waals surface area contributed by atoms with Crippen LogP contribution in [0.15, 0.2) is 37.2 Å². The van der Waals surface area contributed by atoms with Crippen LogP contribution in [0.2, 0.25) is 0 Å². The van der Waals surface area contributed by atoms with Crippen LogP contribution in [0.25, 0.3) is 17.2 Å². The second kappa shape index (κ2) is 6.19. The van der Waals surface area contributed by atoms with E-state index in [1.54, 1.807) is 17.5 Å². The standard InChI is InChI=1S/C19H16N4OS/c1-2-22-12-23(16-8-4-3-7-15(16)22)11-18(24)21-19-14(10-20)13-6-5-9-17(13)25-19/h2-4,7-8,12H,1,5-6,9,11H2/p+1. The Morgan fingerprint density at radius 2 is 2.28 bits per heavy atom. The molecule has 0 bridgehead atoms.